The van der Waals surface area contributed by atoms with Gasteiger partial charge >= 0.3 is 0 Å². The van der Waals surface area contributed by atoms with Gasteiger partial charge in [-0.3, -0.25) is 9.48 Å². The molecule has 32 heavy (non-hydrogen) atoms. The van der Waals surface area contributed by atoms with E-state index in [4.69, 9.17) is 4.74 Å². The van der Waals surface area contributed by atoms with Crippen LogP contribution in [0.4, 0.5) is 0 Å². The maximum atomic E-state index is 13.3. The van der Waals surface area contributed by atoms with Crippen LogP contribution < -0.4 is 10.9 Å². The van der Waals surface area contributed by atoms with Crippen molar-refractivity contribution in [2.45, 2.75) is 37.9 Å². The van der Waals surface area contributed by atoms with Crippen LogP contribution in [-0.2, 0) is 11.8 Å². The van der Waals surface area contributed by atoms with Gasteiger partial charge in [0.25, 0.3) is 5.56 Å². The van der Waals surface area contributed by atoms with E-state index >= 15 is 0 Å². The molecule has 6 rings (SSSR count). The molecule has 1 aromatic carbocycles. The number of ether oxygens (including phenoxy) is 1. The fourth-order valence-corrected chi connectivity index (χ4v) is 5.11. The number of aromatic hydroxyl groups is 1. The van der Waals surface area contributed by atoms with Gasteiger partial charge < -0.3 is 19.7 Å². The summed E-state index contributed by atoms with van der Waals surface area (Å²) in [6, 6.07) is 4.39. The van der Waals surface area contributed by atoms with Crippen LogP contribution in [-0.4, -0.2) is 54.7 Å². The second-order valence-electron chi connectivity index (χ2n) is 8.88. The zero-order valence-electron chi connectivity index (χ0n) is 17.9. The lowest BCUT2D eigenvalue weighted by Crippen LogP contribution is -2.54. The molecule has 2 fully saturated rings. The molecule has 5 heterocycles. The first-order chi connectivity index (χ1) is 15.5. The number of aryl methyl sites for hydroxylation is 2. The second-order valence-corrected chi connectivity index (χ2v) is 8.88. The normalized spacial score (nSPS) is 23.1. The highest BCUT2D eigenvalue weighted by molar-refractivity contribution is 5.90. The highest BCUT2D eigenvalue weighted by atomic mass is 16.5. The molecule has 9 nitrogen and oxygen atoms in total. The van der Waals surface area contributed by atoms with Crippen molar-refractivity contribution in [2.75, 3.05) is 13.2 Å². The van der Waals surface area contributed by atoms with Crippen molar-refractivity contribution in [1.82, 2.24) is 29.6 Å². The van der Waals surface area contributed by atoms with Crippen molar-refractivity contribution >= 4 is 21.8 Å². The summed E-state index contributed by atoms with van der Waals surface area (Å²) in [5.74, 6) is 0.488. The molecule has 0 spiro atoms. The lowest BCUT2D eigenvalue weighted by Gasteiger charge is -2.40. The van der Waals surface area contributed by atoms with Crippen molar-refractivity contribution in [1.29, 1.82) is 0 Å². The number of rotatable bonds is 2. The molecule has 2 aliphatic rings. The van der Waals surface area contributed by atoms with Crippen LogP contribution in [0.1, 0.15) is 24.4 Å². The molecule has 2 bridgehead atoms. The Kier molecular flexibility index (Phi) is 4.31. The Hall–Kier alpha value is -3.30. The fraction of sp³-hybridized carbons (Fsp3) is 0.391. The Morgan fingerprint density at radius 2 is 2.03 bits per heavy atom. The van der Waals surface area contributed by atoms with E-state index in [1.54, 1.807) is 10.9 Å². The molecule has 4 aromatic rings. The van der Waals surface area contributed by atoms with Gasteiger partial charge in [0.2, 0.25) is 0 Å². The summed E-state index contributed by atoms with van der Waals surface area (Å²) in [4.78, 5) is 22.3. The third-order valence-electron chi connectivity index (χ3n) is 6.66. The van der Waals surface area contributed by atoms with Crippen molar-refractivity contribution in [3.63, 3.8) is 0 Å². The number of hydrogen-bond donors (Lipinski definition) is 2. The maximum absolute atomic E-state index is 13.3. The standard InChI is InChI=1S/C23H24N6O3/c1-12-20-13(9-28(2)27-20)5-17(21(12)30)22-24-8-18-19(26-22)3-4-29(23(18)31)16-6-14-10-32-11-15(7-16)25-14/h3-5,8-9,14-16,25,30H,6-7,10-11H2,1-2H3. The van der Waals surface area contributed by atoms with Gasteiger partial charge in [-0.2, -0.15) is 5.10 Å². The van der Waals surface area contributed by atoms with E-state index < -0.39 is 0 Å². The zero-order chi connectivity index (χ0) is 22.0. The fourth-order valence-electron chi connectivity index (χ4n) is 5.11. The van der Waals surface area contributed by atoms with Crippen LogP contribution in [0, 0.1) is 6.92 Å². The van der Waals surface area contributed by atoms with E-state index in [0.717, 1.165) is 23.7 Å². The number of phenolic OH excluding ortho intramolecular Hbond substituents is 1. The molecule has 0 saturated carbocycles. The van der Waals surface area contributed by atoms with Crippen LogP contribution in [0.25, 0.3) is 33.2 Å². The van der Waals surface area contributed by atoms with Crippen molar-refractivity contribution < 1.29 is 9.84 Å². The predicted octanol–water partition coefficient (Wildman–Crippen LogP) is 2.05. The summed E-state index contributed by atoms with van der Waals surface area (Å²) in [6.45, 7) is 3.20. The van der Waals surface area contributed by atoms with Crippen LogP contribution in [0.3, 0.4) is 0 Å². The van der Waals surface area contributed by atoms with Gasteiger partial charge in [-0.25, -0.2) is 9.97 Å². The molecule has 0 amide bonds. The molecule has 2 unspecified atom stereocenters. The molecular weight excluding hydrogens is 408 g/mol. The second kappa shape index (κ2) is 7.11. The number of phenols is 1. The largest absolute Gasteiger partial charge is 0.507 e. The van der Waals surface area contributed by atoms with Crippen LogP contribution >= 0.6 is 0 Å². The Bertz CT molecular complexity index is 1410. The van der Waals surface area contributed by atoms with Crippen LogP contribution in [0.15, 0.2) is 35.5 Å². The molecule has 0 radical (unpaired) electrons. The first-order valence-corrected chi connectivity index (χ1v) is 10.9. The number of nitrogens with zero attached hydrogens (tertiary/aromatic N) is 5. The van der Waals surface area contributed by atoms with E-state index in [1.807, 2.05) is 43.1 Å². The van der Waals surface area contributed by atoms with Crippen molar-refractivity contribution in [2.24, 2.45) is 7.05 Å². The van der Waals surface area contributed by atoms with E-state index in [1.165, 1.54) is 0 Å². The predicted molar refractivity (Wildman–Crippen MR) is 120 cm³/mol. The van der Waals surface area contributed by atoms with Gasteiger partial charge in [0.05, 0.1) is 35.2 Å². The van der Waals surface area contributed by atoms with Crippen LogP contribution in [0.5, 0.6) is 5.75 Å². The van der Waals surface area contributed by atoms with Gasteiger partial charge in [0.1, 0.15) is 5.75 Å². The number of fused-ring (bicyclic) bond motifs is 4. The zero-order valence-corrected chi connectivity index (χ0v) is 17.9. The average Bonchev–Trinajstić information content (AvgIpc) is 3.16. The molecule has 3 aromatic heterocycles. The lowest BCUT2D eigenvalue weighted by molar-refractivity contribution is 0.00975. The first kappa shape index (κ1) is 19.4. The minimum absolute atomic E-state index is 0.0805. The van der Waals surface area contributed by atoms with Gasteiger partial charge in [-0.15, -0.1) is 0 Å². The van der Waals surface area contributed by atoms with Crippen molar-refractivity contribution in [3.05, 3.63) is 46.6 Å². The third-order valence-corrected chi connectivity index (χ3v) is 6.66. The molecule has 2 N–H and O–H groups in total. The van der Waals surface area contributed by atoms with Gasteiger partial charge in [0.15, 0.2) is 5.82 Å². The topological polar surface area (TPSA) is 107 Å². The van der Waals surface area contributed by atoms with E-state index in [0.29, 0.717) is 41.1 Å². The summed E-state index contributed by atoms with van der Waals surface area (Å²) < 4.78 is 9.16. The van der Waals surface area contributed by atoms with E-state index in [9.17, 15) is 9.90 Å². The summed E-state index contributed by atoms with van der Waals surface area (Å²) in [5, 5.41) is 20.1. The SMILES string of the molecule is Cc1c(O)c(-c2ncc3c(=O)n(C4CC5COCC(C4)N5)ccc3n2)cc2cn(C)nc12. The number of piperidine rings is 1. The minimum Gasteiger partial charge on any atom is -0.507 e. The Morgan fingerprint density at radius 1 is 1.25 bits per heavy atom. The Balaban J connectivity index is 1.42. The summed E-state index contributed by atoms with van der Waals surface area (Å²) in [7, 11) is 1.84. The highest BCUT2D eigenvalue weighted by Gasteiger charge is 2.33. The van der Waals surface area contributed by atoms with Gasteiger partial charge in [0, 0.05) is 54.7 Å². The van der Waals surface area contributed by atoms with Gasteiger partial charge in [-0.05, 0) is 31.9 Å². The summed E-state index contributed by atoms with van der Waals surface area (Å²) in [5.41, 5.74) is 2.44. The third kappa shape index (κ3) is 3.00. The van der Waals surface area contributed by atoms with Crippen LogP contribution in [0.2, 0.25) is 0 Å². The summed E-state index contributed by atoms with van der Waals surface area (Å²) >= 11 is 0. The first-order valence-electron chi connectivity index (χ1n) is 10.9. The molecule has 164 valence electrons. The molecule has 2 atom stereocenters. The maximum Gasteiger partial charge on any atom is 0.261 e. The highest BCUT2D eigenvalue weighted by Crippen LogP contribution is 2.35. The number of hydrogen-bond acceptors (Lipinski definition) is 7. The molecule has 2 saturated heterocycles. The lowest BCUT2D eigenvalue weighted by atomic mass is 9.92. The number of nitrogens with one attached hydrogen (secondary N) is 1. The molecular formula is C23H24N6O3. The quantitative estimate of drug-likeness (QED) is 0.499. The number of aromatic nitrogens is 5. The monoisotopic (exact) mass is 432 g/mol. The number of pyridine rings is 1. The number of benzene rings is 1. The van der Waals surface area contributed by atoms with E-state index in [2.05, 4.69) is 20.4 Å². The van der Waals surface area contributed by atoms with E-state index in [-0.39, 0.29) is 29.4 Å². The minimum atomic E-state index is -0.0805. The summed E-state index contributed by atoms with van der Waals surface area (Å²) in [6.07, 6.45) is 7.02. The van der Waals surface area contributed by atoms with Crippen molar-refractivity contribution in [3.8, 4) is 17.1 Å². The molecule has 2 aliphatic heterocycles. The average molecular weight is 432 g/mol. The van der Waals surface area contributed by atoms with Gasteiger partial charge in [-0.1, -0.05) is 0 Å². The molecule has 0 aliphatic carbocycles. The Labute approximate surface area is 183 Å². The number of morpholine rings is 1. The Morgan fingerprint density at radius 3 is 2.81 bits per heavy atom. The molecule has 9 heteroatoms. The smallest absolute Gasteiger partial charge is 0.261 e.